The van der Waals surface area contributed by atoms with Crippen molar-refractivity contribution in [3.05, 3.63) is 52.8 Å². The fraction of sp³-hybridized carbons (Fsp3) is 0.222. The Hall–Kier alpha value is -3.15. The van der Waals surface area contributed by atoms with Gasteiger partial charge in [0.05, 0.1) is 28.5 Å². The number of hydrogen-bond acceptors (Lipinski definition) is 6. The fourth-order valence-electron chi connectivity index (χ4n) is 2.56. The van der Waals surface area contributed by atoms with Gasteiger partial charge in [-0.25, -0.2) is 5.43 Å². The third-order valence-corrected chi connectivity index (χ3v) is 4.34. The van der Waals surface area contributed by atoms with Crippen molar-refractivity contribution in [1.29, 1.82) is 5.26 Å². The number of allylic oxidation sites excluding steroid dienone is 1. The van der Waals surface area contributed by atoms with E-state index < -0.39 is 6.04 Å². The Bertz CT molecular complexity index is 959. The highest BCUT2D eigenvalue weighted by Gasteiger charge is 2.23. The van der Waals surface area contributed by atoms with Gasteiger partial charge in [0.25, 0.3) is 0 Å². The van der Waals surface area contributed by atoms with E-state index in [1.54, 1.807) is 35.2 Å². The number of nitrogens with zero attached hydrogens (tertiary/aromatic N) is 3. The van der Waals surface area contributed by atoms with Crippen LogP contribution in [0.15, 0.2) is 42.2 Å². The molecule has 2 heterocycles. The highest BCUT2D eigenvalue weighted by Crippen LogP contribution is 2.24. The number of halogens is 1. The number of amides is 1. The van der Waals surface area contributed by atoms with Crippen molar-refractivity contribution >= 4 is 23.3 Å². The molecule has 0 aliphatic carbocycles. The molecule has 0 fully saturated rings. The lowest BCUT2D eigenvalue weighted by Crippen LogP contribution is -2.44. The van der Waals surface area contributed by atoms with E-state index >= 15 is 0 Å². The zero-order chi connectivity index (χ0) is 19.4. The van der Waals surface area contributed by atoms with Gasteiger partial charge in [0.2, 0.25) is 5.91 Å². The maximum absolute atomic E-state index is 12.1. The standard InChI is InChI=1S/C18H17ClN6O2/c1-11(26)16-9-17(23-22-16)18(27)21-5-7-25-6-4-15(24-25)12-2-3-13(10-20)14(19)8-12/h2-4,6,8-9,17,22-23H,5,7H2,1H3,(H,21,27). The molecule has 1 aromatic heterocycles. The number of hydrogen-bond donors (Lipinski definition) is 3. The normalized spacial score (nSPS) is 15.6. The van der Waals surface area contributed by atoms with Crippen LogP contribution in [0.3, 0.4) is 0 Å². The van der Waals surface area contributed by atoms with Crippen molar-refractivity contribution < 1.29 is 9.59 Å². The molecule has 3 rings (SSSR count). The van der Waals surface area contributed by atoms with Gasteiger partial charge in [-0.2, -0.15) is 10.4 Å². The van der Waals surface area contributed by atoms with E-state index in [1.807, 2.05) is 12.1 Å². The molecular formula is C18H17ClN6O2. The average molecular weight is 385 g/mol. The number of carbonyl (C=O) groups excluding carboxylic acids is 2. The molecule has 1 aliphatic rings. The molecule has 0 radical (unpaired) electrons. The molecule has 0 bridgehead atoms. The molecule has 9 heteroatoms. The Balaban J connectivity index is 1.54. The van der Waals surface area contributed by atoms with Crippen LogP contribution in [-0.4, -0.2) is 34.1 Å². The van der Waals surface area contributed by atoms with Crippen LogP contribution in [0.4, 0.5) is 0 Å². The molecule has 8 nitrogen and oxygen atoms in total. The monoisotopic (exact) mass is 384 g/mol. The Morgan fingerprint density at radius 1 is 1.41 bits per heavy atom. The Morgan fingerprint density at radius 3 is 2.89 bits per heavy atom. The molecule has 1 atom stereocenters. The number of carbonyl (C=O) groups is 2. The molecule has 1 aromatic carbocycles. The molecule has 0 spiro atoms. The second-order valence-corrected chi connectivity index (χ2v) is 6.35. The molecule has 1 unspecified atom stereocenters. The molecular weight excluding hydrogens is 368 g/mol. The minimum atomic E-state index is -0.585. The summed E-state index contributed by atoms with van der Waals surface area (Å²) in [6.45, 7) is 2.30. The quantitative estimate of drug-likeness (QED) is 0.688. The molecule has 0 saturated heterocycles. The summed E-state index contributed by atoms with van der Waals surface area (Å²) in [6.07, 6.45) is 3.36. The smallest absolute Gasteiger partial charge is 0.243 e. The molecule has 2 aromatic rings. The van der Waals surface area contributed by atoms with Gasteiger partial charge in [0.1, 0.15) is 12.1 Å². The van der Waals surface area contributed by atoms with E-state index in [2.05, 4.69) is 21.3 Å². The van der Waals surface area contributed by atoms with Crippen LogP contribution < -0.4 is 16.2 Å². The Labute approximate surface area is 160 Å². The summed E-state index contributed by atoms with van der Waals surface area (Å²) in [6, 6.07) is 8.42. The summed E-state index contributed by atoms with van der Waals surface area (Å²) in [5.41, 5.74) is 7.76. The van der Waals surface area contributed by atoms with Crippen molar-refractivity contribution in [1.82, 2.24) is 25.9 Å². The van der Waals surface area contributed by atoms with Crippen LogP contribution in [0, 0.1) is 11.3 Å². The SMILES string of the molecule is CC(=O)C1=CC(C(=O)NCCn2ccc(-c3ccc(C#N)c(Cl)c3)n2)NN1. The number of ketones is 1. The predicted molar refractivity (Wildman–Crippen MR) is 99.2 cm³/mol. The number of aromatic nitrogens is 2. The number of nitriles is 1. The topological polar surface area (TPSA) is 112 Å². The van der Waals surface area contributed by atoms with E-state index in [0.29, 0.717) is 29.4 Å². The Kier molecular flexibility index (Phi) is 5.54. The first-order valence-corrected chi connectivity index (χ1v) is 8.61. The van der Waals surface area contributed by atoms with Crippen LogP contribution in [-0.2, 0) is 16.1 Å². The van der Waals surface area contributed by atoms with Crippen LogP contribution in [0.2, 0.25) is 5.02 Å². The summed E-state index contributed by atoms with van der Waals surface area (Å²) in [4.78, 5) is 23.3. The van der Waals surface area contributed by atoms with Crippen molar-refractivity contribution in [3.63, 3.8) is 0 Å². The molecule has 1 aliphatic heterocycles. The highest BCUT2D eigenvalue weighted by atomic mass is 35.5. The van der Waals surface area contributed by atoms with Gasteiger partial charge < -0.3 is 10.7 Å². The van der Waals surface area contributed by atoms with Gasteiger partial charge in [0.15, 0.2) is 5.78 Å². The van der Waals surface area contributed by atoms with Crippen molar-refractivity contribution in [2.75, 3.05) is 6.54 Å². The van der Waals surface area contributed by atoms with Gasteiger partial charge in [-0.3, -0.25) is 14.3 Å². The van der Waals surface area contributed by atoms with E-state index in [4.69, 9.17) is 16.9 Å². The number of nitrogens with one attached hydrogen (secondary N) is 3. The Morgan fingerprint density at radius 2 is 2.22 bits per heavy atom. The minimum absolute atomic E-state index is 0.134. The first-order valence-electron chi connectivity index (χ1n) is 8.23. The number of hydrazine groups is 1. The lowest BCUT2D eigenvalue weighted by atomic mass is 10.1. The van der Waals surface area contributed by atoms with E-state index in [9.17, 15) is 9.59 Å². The third kappa shape index (κ3) is 4.34. The molecule has 0 saturated carbocycles. The summed E-state index contributed by atoms with van der Waals surface area (Å²) >= 11 is 6.06. The average Bonchev–Trinajstić information content (AvgIpc) is 3.31. The summed E-state index contributed by atoms with van der Waals surface area (Å²) in [5.74, 6) is -0.366. The number of rotatable bonds is 6. The molecule has 138 valence electrons. The summed E-state index contributed by atoms with van der Waals surface area (Å²) < 4.78 is 1.71. The van der Waals surface area contributed by atoms with Crippen LogP contribution in [0.1, 0.15) is 12.5 Å². The summed E-state index contributed by atoms with van der Waals surface area (Å²) in [7, 11) is 0. The predicted octanol–water partition coefficient (Wildman–Crippen LogP) is 1.14. The largest absolute Gasteiger partial charge is 0.353 e. The maximum Gasteiger partial charge on any atom is 0.243 e. The highest BCUT2D eigenvalue weighted by molar-refractivity contribution is 6.32. The van der Waals surface area contributed by atoms with Gasteiger partial charge in [-0.1, -0.05) is 17.7 Å². The van der Waals surface area contributed by atoms with Crippen LogP contribution in [0.25, 0.3) is 11.3 Å². The number of Topliss-reactive ketones (excluding diaryl/α,β-unsaturated/α-hetero) is 1. The fourth-order valence-corrected chi connectivity index (χ4v) is 2.78. The number of benzene rings is 1. The van der Waals surface area contributed by atoms with E-state index in [1.165, 1.54) is 6.92 Å². The maximum atomic E-state index is 12.1. The van der Waals surface area contributed by atoms with Crippen LogP contribution in [0.5, 0.6) is 0 Å². The zero-order valence-electron chi connectivity index (χ0n) is 14.5. The second-order valence-electron chi connectivity index (χ2n) is 5.95. The minimum Gasteiger partial charge on any atom is -0.353 e. The first kappa shape index (κ1) is 18.6. The molecule has 27 heavy (non-hydrogen) atoms. The third-order valence-electron chi connectivity index (χ3n) is 4.02. The zero-order valence-corrected chi connectivity index (χ0v) is 15.2. The van der Waals surface area contributed by atoms with E-state index in [-0.39, 0.29) is 11.7 Å². The lowest BCUT2D eigenvalue weighted by molar-refractivity contribution is -0.122. The van der Waals surface area contributed by atoms with Gasteiger partial charge in [-0.15, -0.1) is 0 Å². The lowest BCUT2D eigenvalue weighted by Gasteiger charge is -2.10. The van der Waals surface area contributed by atoms with Gasteiger partial charge in [-0.05, 0) is 24.3 Å². The molecule has 1 amide bonds. The van der Waals surface area contributed by atoms with Gasteiger partial charge >= 0.3 is 0 Å². The molecule has 3 N–H and O–H groups in total. The first-order chi connectivity index (χ1) is 13.0. The van der Waals surface area contributed by atoms with Crippen molar-refractivity contribution in [2.24, 2.45) is 0 Å². The summed E-state index contributed by atoms with van der Waals surface area (Å²) in [5, 5.41) is 16.5. The van der Waals surface area contributed by atoms with Gasteiger partial charge in [0, 0.05) is 25.2 Å². The van der Waals surface area contributed by atoms with E-state index in [0.717, 1.165) is 11.3 Å². The van der Waals surface area contributed by atoms with Crippen LogP contribution >= 0.6 is 11.6 Å². The van der Waals surface area contributed by atoms with Crippen molar-refractivity contribution in [3.8, 4) is 17.3 Å². The second kappa shape index (κ2) is 8.03. The van der Waals surface area contributed by atoms with Crippen molar-refractivity contribution in [2.45, 2.75) is 19.5 Å².